The number of nitrogens with two attached hydrogens (primary N) is 1. The number of nitrogens with zero attached hydrogens (tertiary/aromatic N) is 3. The smallest absolute Gasteiger partial charge is 0.308 e. The van der Waals surface area contributed by atoms with Crippen molar-refractivity contribution in [3.05, 3.63) is 12.5 Å². The zero-order valence-electron chi connectivity index (χ0n) is 6.80. The van der Waals surface area contributed by atoms with Crippen LogP contribution in [0.1, 0.15) is 0 Å². The lowest BCUT2D eigenvalue weighted by Crippen LogP contribution is -2.27. The molecule has 12 heavy (non-hydrogen) atoms. The van der Waals surface area contributed by atoms with E-state index < -0.39 is 10.2 Å². The predicted molar refractivity (Wildman–Crippen MR) is 44.6 cm³/mol. The topological polar surface area (TPSA) is 81.2 Å². The highest BCUT2D eigenvalue weighted by Gasteiger charge is 2.15. The van der Waals surface area contributed by atoms with E-state index in [9.17, 15) is 8.42 Å². The Morgan fingerprint density at radius 3 is 2.50 bits per heavy atom. The van der Waals surface area contributed by atoms with Gasteiger partial charge in [0.1, 0.15) is 12.1 Å². The van der Waals surface area contributed by atoms with Gasteiger partial charge in [-0.1, -0.05) is 0 Å². The summed E-state index contributed by atoms with van der Waals surface area (Å²) in [5.41, 5.74) is 5.26. The van der Waals surface area contributed by atoms with Gasteiger partial charge in [0.25, 0.3) is 0 Å². The van der Waals surface area contributed by atoms with E-state index in [1.54, 1.807) is 0 Å². The highest BCUT2D eigenvalue weighted by atomic mass is 32.2. The summed E-state index contributed by atoms with van der Waals surface area (Å²) in [5, 5.41) is 0. The first-order valence-corrected chi connectivity index (χ1v) is 4.57. The van der Waals surface area contributed by atoms with Gasteiger partial charge in [-0.25, -0.2) is 8.96 Å². The Labute approximate surface area is 70.8 Å². The van der Waals surface area contributed by atoms with Crippen molar-refractivity contribution in [3.63, 3.8) is 0 Å². The summed E-state index contributed by atoms with van der Waals surface area (Å²) >= 11 is 0. The molecule has 0 aromatic carbocycles. The summed E-state index contributed by atoms with van der Waals surface area (Å²) in [6, 6.07) is 0. The maximum atomic E-state index is 11.3. The molecule has 0 bridgehead atoms. The summed E-state index contributed by atoms with van der Waals surface area (Å²) in [5.74, 6) is 0.181. The average molecular weight is 190 g/mol. The molecule has 6 nitrogen and oxygen atoms in total. The van der Waals surface area contributed by atoms with Gasteiger partial charge in [0.15, 0.2) is 0 Å². The lowest BCUT2D eigenvalue weighted by Gasteiger charge is -2.10. The van der Waals surface area contributed by atoms with E-state index in [1.165, 1.54) is 20.3 Å². The van der Waals surface area contributed by atoms with Crippen LogP contribution >= 0.6 is 0 Å². The van der Waals surface area contributed by atoms with E-state index >= 15 is 0 Å². The lowest BCUT2D eigenvalue weighted by atomic mass is 10.8. The number of hydrogen-bond acceptors (Lipinski definition) is 4. The maximum Gasteiger partial charge on any atom is 0.308 e. The normalized spacial score (nSPS) is 12.2. The lowest BCUT2D eigenvalue weighted by molar-refractivity contribution is 0.510. The molecule has 1 rings (SSSR count). The molecule has 0 amide bonds. The van der Waals surface area contributed by atoms with Crippen molar-refractivity contribution in [2.24, 2.45) is 0 Å². The van der Waals surface area contributed by atoms with Gasteiger partial charge in [-0.3, -0.25) is 0 Å². The van der Waals surface area contributed by atoms with E-state index in [4.69, 9.17) is 5.73 Å². The quantitative estimate of drug-likeness (QED) is 0.656. The van der Waals surface area contributed by atoms with Crippen LogP contribution in [0.15, 0.2) is 12.5 Å². The second kappa shape index (κ2) is 2.76. The molecule has 0 radical (unpaired) electrons. The minimum Gasteiger partial charge on any atom is -0.382 e. The van der Waals surface area contributed by atoms with Crippen molar-refractivity contribution >= 4 is 16.0 Å². The number of imidazole rings is 1. The highest BCUT2D eigenvalue weighted by molar-refractivity contribution is 7.87. The van der Waals surface area contributed by atoms with E-state index in [2.05, 4.69) is 4.98 Å². The highest BCUT2D eigenvalue weighted by Crippen LogP contribution is 2.03. The number of hydrogen-bond donors (Lipinski definition) is 1. The maximum absolute atomic E-state index is 11.3. The van der Waals surface area contributed by atoms with Crippen LogP contribution in [-0.4, -0.2) is 35.8 Å². The van der Waals surface area contributed by atoms with Crippen LogP contribution < -0.4 is 5.73 Å². The third kappa shape index (κ3) is 1.41. The Morgan fingerprint density at radius 2 is 2.17 bits per heavy atom. The summed E-state index contributed by atoms with van der Waals surface area (Å²) in [6.45, 7) is 0. The monoisotopic (exact) mass is 190 g/mol. The van der Waals surface area contributed by atoms with Gasteiger partial charge in [0.05, 0.1) is 6.20 Å². The molecule has 0 spiro atoms. The van der Waals surface area contributed by atoms with Gasteiger partial charge in [-0.05, 0) is 0 Å². The molecular weight excluding hydrogens is 180 g/mol. The Bertz CT molecular complexity index is 367. The number of rotatable bonds is 2. The van der Waals surface area contributed by atoms with Crippen molar-refractivity contribution < 1.29 is 8.42 Å². The molecule has 0 saturated heterocycles. The molecule has 0 fully saturated rings. The van der Waals surface area contributed by atoms with Gasteiger partial charge in [0, 0.05) is 14.1 Å². The molecule has 0 atom stereocenters. The van der Waals surface area contributed by atoms with E-state index in [1.807, 2.05) is 0 Å². The summed E-state index contributed by atoms with van der Waals surface area (Å²) < 4.78 is 24.7. The largest absolute Gasteiger partial charge is 0.382 e. The zero-order valence-corrected chi connectivity index (χ0v) is 7.61. The van der Waals surface area contributed by atoms with Gasteiger partial charge in [-0.2, -0.15) is 12.7 Å². The molecule has 0 aliphatic carbocycles. The average Bonchev–Trinajstić information content (AvgIpc) is 2.35. The van der Waals surface area contributed by atoms with E-state index in [0.29, 0.717) is 0 Å². The Balaban J connectivity index is 3.15. The number of anilines is 1. The van der Waals surface area contributed by atoms with Crippen LogP contribution in [0, 0.1) is 0 Å². The molecule has 0 unspecified atom stereocenters. The molecule has 0 saturated carbocycles. The zero-order chi connectivity index (χ0) is 9.35. The van der Waals surface area contributed by atoms with Crippen molar-refractivity contribution in [2.45, 2.75) is 0 Å². The Kier molecular flexibility index (Phi) is 2.07. The van der Waals surface area contributed by atoms with E-state index in [-0.39, 0.29) is 5.82 Å². The fraction of sp³-hybridized carbons (Fsp3) is 0.400. The van der Waals surface area contributed by atoms with Crippen LogP contribution in [0.5, 0.6) is 0 Å². The van der Waals surface area contributed by atoms with Crippen LogP contribution in [0.4, 0.5) is 5.82 Å². The van der Waals surface area contributed by atoms with Gasteiger partial charge >= 0.3 is 10.2 Å². The number of aromatic nitrogens is 2. The third-order valence-electron chi connectivity index (χ3n) is 1.31. The first kappa shape index (κ1) is 9.01. The summed E-state index contributed by atoms with van der Waals surface area (Å²) in [6.07, 6.45) is 2.40. The Morgan fingerprint density at radius 1 is 1.58 bits per heavy atom. The summed E-state index contributed by atoms with van der Waals surface area (Å²) in [4.78, 5) is 3.60. The minimum absolute atomic E-state index is 0.181. The van der Waals surface area contributed by atoms with Crippen molar-refractivity contribution in [2.75, 3.05) is 19.8 Å². The molecule has 68 valence electrons. The molecule has 1 aromatic heterocycles. The predicted octanol–water partition coefficient (Wildman–Crippen LogP) is -0.880. The SMILES string of the molecule is CN(C)S(=O)(=O)n1cnc(N)c1. The first-order valence-electron chi connectivity index (χ1n) is 3.17. The van der Waals surface area contributed by atoms with Gasteiger partial charge in [0.2, 0.25) is 0 Å². The van der Waals surface area contributed by atoms with Crippen LogP contribution in [0.3, 0.4) is 0 Å². The first-order chi connectivity index (χ1) is 5.44. The van der Waals surface area contributed by atoms with Crippen LogP contribution in [-0.2, 0) is 10.2 Å². The van der Waals surface area contributed by atoms with Crippen molar-refractivity contribution in [1.29, 1.82) is 0 Å². The van der Waals surface area contributed by atoms with Crippen molar-refractivity contribution in [1.82, 2.24) is 13.3 Å². The van der Waals surface area contributed by atoms with Crippen LogP contribution in [0.2, 0.25) is 0 Å². The van der Waals surface area contributed by atoms with E-state index in [0.717, 1.165) is 14.6 Å². The third-order valence-corrected chi connectivity index (χ3v) is 2.96. The molecule has 2 N–H and O–H groups in total. The fourth-order valence-corrected chi connectivity index (χ4v) is 1.42. The Hall–Kier alpha value is -1.08. The molecule has 7 heteroatoms. The van der Waals surface area contributed by atoms with Crippen molar-refractivity contribution in [3.8, 4) is 0 Å². The number of nitrogen functional groups attached to an aromatic ring is 1. The minimum atomic E-state index is -3.45. The molecule has 0 aliphatic heterocycles. The fourth-order valence-electron chi connectivity index (χ4n) is 0.635. The van der Waals surface area contributed by atoms with Crippen LogP contribution in [0.25, 0.3) is 0 Å². The summed E-state index contributed by atoms with van der Waals surface area (Å²) in [7, 11) is -0.576. The van der Waals surface area contributed by atoms with Gasteiger partial charge < -0.3 is 5.73 Å². The second-order valence-electron chi connectivity index (χ2n) is 2.42. The second-order valence-corrected chi connectivity index (χ2v) is 4.47. The molecular formula is C5H10N4O2S. The standard InChI is InChI=1S/C5H10N4O2S/c1-8(2)12(10,11)9-3-5(6)7-4-9/h3-4H,6H2,1-2H3. The molecule has 1 aromatic rings. The molecule has 1 heterocycles. The van der Waals surface area contributed by atoms with Gasteiger partial charge in [-0.15, -0.1) is 0 Å². The molecule has 0 aliphatic rings.